The van der Waals surface area contributed by atoms with Crippen molar-refractivity contribution in [2.45, 2.75) is 52.4 Å². The van der Waals surface area contributed by atoms with E-state index in [-0.39, 0.29) is 30.1 Å². The summed E-state index contributed by atoms with van der Waals surface area (Å²) in [6, 6.07) is 0. The van der Waals surface area contributed by atoms with Gasteiger partial charge in [0, 0.05) is 14.2 Å². The van der Waals surface area contributed by atoms with Crippen LogP contribution in [0.5, 0.6) is 0 Å². The van der Waals surface area contributed by atoms with Crippen LogP contribution in [0.3, 0.4) is 0 Å². The van der Waals surface area contributed by atoms with E-state index in [2.05, 4.69) is 52.4 Å². The van der Waals surface area contributed by atoms with Crippen molar-refractivity contribution in [3.63, 3.8) is 0 Å². The zero-order chi connectivity index (χ0) is 26.9. The number of benzene rings is 2. The second-order valence-electron chi connectivity index (χ2n) is 10.4. The lowest BCUT2D eigenvalue weighted by Crippen LogP contribution is -2.84. The third kappa shape index (κ3) is 4.74. The van der Waals surface area contributed by atoms with Gasteiger partial charge in [-0.05, 0) is 10.4 Å². The van der Waals surface area contributed by atoms with Crippen molar-refractivity contribution in [3.05, 3.63) is 50.2 Å². The Morgan fingerprint density at radius 2 is 0.441 bits per heavy atom. The molecule has 2 aromatic rings. The van der Waals surface area contributed by atoms with E-state index in [1.807, 2.05) is 0 Å². The summed E-state index contributed by atoms with van der Waals surface area (Å²) in [4.78, 5) is 0. The van der Waals surface area contributed by atoms with Gasteiger partial charge in [0.05, 0.1) is 65.4 Å². The third-order valence-corrected chi connectivity index (χ3v) is 80.8. The zero-order valence-corrected chi connectivity index (χ0v) is 31.3. The molecule has 34 heavy (non-hydrogen) atoms. The van der Waals surface area contributed by atoms with Crippen LogP contribution in [0.15, 0.2) is 0 Å². The molecule has 190 valence electrons. The van der Waals surface area contributed by atoms with E-state index in [0.29, 0.717) is 20.1 Å². The molecule has 0 aromatic heterocycles. The summed E-state index contributed by atoms with van der Waals surface area (Å²) >= 11 is 65.7. The Kier molecular flexibility index (Phi) is 10.2. The summed E-state index contributed by atoms with van der Waals surface area (Å²) in [5, 5.41) is 4.51. The van der Waals surface area contributed by atoms with Gasteiger partial charge >= 0.3 is 0 Å². The van der Waals surface area contributed by atoms with Gasteiger partial charge in [0.25, 0.3) is 0 Å². The average Bonchev–Trinajstić information content (AvgIpc) is 2.72. The minimum absolute atomic E-state index is 0.168. The highest BCUT2D eigenvalue weighted by atomic mass is 35.5. The standard InChI is InChI=1S/C20H24Cl10Si4/c1-31(2,19-15(27)11(23)9(21)12(24)16(19)28)33(5,6)34(7,8)32(3,4)20-17(29)13(25)10(22)14(26)18(20)30/h1-8H3. The highest BCUT2D eigenvalue weighted by Crippen LogP contribution is 2.46. The molecule has 0 bridgehead atoms. The molecule has 2 aromatic carbocycles. The minimum atomic E-state index is -2.37. The van der Waals surface area contributed by atoms with Crippen molar-refractivity contribution in [2.24, 2.45) is 0 Å². The van der Waals surface area contributed by atoms with E-state index in [0.717, 1.165) is 10.4 Å². The van der Waals surface area contributed by atoms with Crippen molar-refractivity contribution in [3.8, 4) is 0 Å². The molecule has 0 radical (unpaired) electrons. The van der Waals surface area contributed by atoms with Gasteiger partial charge in [-0.2, -0.15) is 0 Å². The number of halogens is 10. The molecular weight excluding hydrogens is 707 g/mol. The van der Waals surface area contributed by atoms with Gasteiger partial charge in [-0.25, -0.2) is 0 Å². The second kappa shape index (κ2) is 10.6. The molecule has 0 nitrogen and oxygen atoms in total. The fraction of sp³-hybridized carbons (Fsp3) is 0.400. The van der Waals surface area contributed by atoms with Crippen molar-refractivity contribution in [2.75, 3.05) is 0 Å². The van der Waals surface area contributed by atoms with Gasteiger partial charge in [0.2, 0.25) is 0 Å². The van der Waals surface area contributed by atoms with Crippen LogP contribution in [-0.4, -0.2) is 29.4 Å². The quantitative estimate of drug-likeness (QED) is 0.163. The summed E-state index contributed by atoms with van der Waals surface area (Å²) in [6.45, 7) is 18.8. The molecule has 0 atom stereocenters. The van der Waals surface area contributed by atoms with Crippen molar-refractivity contribution < 1.29 is 0 Å². The van der Waals surface area contributed by atoms with Crippen LogP contribution in [0.2, 0.25) is 103 Å². The zero-order valence-electron chi connectivity index (χ0n) is 19.8. The Labute approximate surface area is 255 Å². The molecule has 2 rings (SSSR count). The Morgan fingerprint density at radius 1 is 0.294 bits per heavy atom. The first-order valence-electron chi connectivity index (χ1n) is 10.1. The molecule has 0 saturated carbocycles. The molecule has 0 spiro atoms. The lowest BCUT2D eigenvalue weighted by atomic mass is 10.3. The average molecular weight is 731 g/mol. The van der Waals surface area contributed by atoms with Gasteiger partial charge in [0.1, 0.15) is 0 Å². The molecule has 0 heterocycles. The van der Waals surface area contributed by atoms with E-state index in [4.69, 9.17) is 116 Å². The first kappa shape index (κ1) is 32.4. The molecule has 0 fully saturated rings. The summed E-state index contributed by atoms with van der Waals surface area (Å²) in [5.74, 6) is 0. The largest absolute Gasteiger partial charge is 0.0827 e. The van der Waals surface area contributed by atoms with Crippen molar-refractivity contribution in [1.29, 1.82) is 0 Å². The van der Waals surface area contributed by atoms with E-state index in [1.54, 1.807) is 0 Å². The van der Waals surface area contributed by atoms with E-state index in [1.165, 1.54) is 0 Å². The maximum atomic E-state index is 6.79. The molecule has 0 amide bonds. The minimum Gasteiger partial charge on any atom is -0.0827 e. The Balaban J connectivity index is 2.89. The van der Waals surface area contributed by atoms with Gasteiger partial charge in [-0.1, -0.05) is 168 Å². The maximum Gasteiger partial charge on any atom is 0.0808 e. The number of rotatable bonds is 5. The predicted octanol–water partition coefficient (Wildman–Crippen LogP) is 11.4. The Morgan fingerprint density at radius 3 is 0.618 bits per heavy atom. The van der Waals surface area contributed by atoms with E-state index in [9.17, 15) is 0 Å². The SMILES string of the molecule is C[Si](C)(c1c(Cl)c(Cl)c(Cl)c(Cl)c1Cl)[Si](C)(C)[Si](C)(C)[Si](C)(C)c1c(Cl)c(Cl)c(Cl)c(Cl)c1Cl. The van der Waals surface area contributed by atoms with Gasteiger partial charge < -0.3 is 0 Å². The molecular formula is C20H24Cl10Si4. The Bertz CT molecular complexity index is 1030. The third-order valence-electron chi connectivity index (χ3n) is 8.36. The summed E-state index contributed by atoms with van der Waals surface area (Å²) in [7, 11) is -9.06. The van der Waals surface area contributed by atoms with Crippen LogP contribution in [-0.2, 0) is 0 Å². The molecule has 0 unspecified atom stereocenters. The van der Waals surface area contributed by atoms with Gasteiger partial charge in [-0.3, -0.25) is 0 Å². The highest BCUT2D eigenvalue weighted by molar-refractivity contribution is 7.85. The summed E-state index contributed by atoms with van der Waals surface area (Å²) < 4.78 is 0. The molecule has 0 aliphatic rings. The maximum absolute atomic E-state index is 6.79. The van der Waals surface area contributed by atoms with Crippen LogP contribution in [0.25, 0.3) is 0 Å². The molecule has 0 aliphatic carbocycles. The monoisotopic (exact) mass is 726 g/mol. The van der Waals surface area contributed by atoms with Crippen LogP contribution in [0.4, 0.5) is 0 Å². The van der Waals surface area contributed by atoms with Crippen LogP contribution < -0.4 is 10.4 Å². The lowest BCUT2D eigenvalue weighted by Gasteiger charge is -2.55. The van der Waals surface area contributed by atoms with E-state index < -0.39 is 29.4 Å². The number of hydrogen-bond acceptors (Lipinski definition) is 0. The highest BCUT2D eigenvalue weighted by Gasteiger charge is 2.61. The first-order valence-corrected chi connectivity index (χ1v) is 28.9. The molecule has 0 saturated heterocycles. The van der Waals surface area contributed by atoms with Crippen LogP contribution >= 0.6 is 116 Å². The van der Waals surface area contributed by atoms with Crippen LogP contribution in [0, 0.1) is 0 Å². The summed E-state index contributed by atoms with van der Waals surface area (Å²) in [5.41, 5.74) is 0. The summed E-state index contributed by atoms with van der Waals surface area (Å²) in [6.07, 6.45) is 0. The van der Waals surface area contributed by atoms with E-state index >= 15 is 0 Å². The topological polar surface area (TPSA) is 0 Å². The molecule has 0 N–H and O–H groups in total. The predicted molar refractivity (Wildman–Crippen MR) is 172 cm³/mol. The second-order valence-corrected chi connectivity index (χ2v) is 53.7. The smallest absolute Gasteiger partial charge is 0.0808 e. The van der Waals surface area contributed by atoms with Gasteiger partial charge in [0.15, 0.2) is 0 Å². The molecule has 0 aliphatic heterocycles. The fourth-order valence-corrected chi connectivity index (χ4v) is 79.8. The Hall–Kier alpha value is 2.21. The first-order chi connectivity index (χ1) is 15.1. The van der Waals surface area contributed by atoms with Crippen LogP contribution in [0.1, 0.15) is 0 Å². The van der Waals surface area contributed by atoms with Crippen molar-refractivity contribution >= 4 is 156 Å². The fourth-order valence-electron chi connectivity index (χ4n) is 4.49. The normalized spacial score (nSPS) is 13.6. The van der Waals surface area contributed by atoms with Crippen molar-refractivity contribution in [1.82, 2.24) is 0 Å². The number of hydrogen-bond donors (Lipinski definition) is 0. The van der Waals surface area contributed by atoms with Gasteiger partial charge in [-0.15, -0.1) is 0 Å². The lowest BCUT2D eigenvalue weighted by molar-refractivity contribution is 1.68. The molecule has 14 heteroatoms.